The van der Waals surface area contributed by atoms with E-state index < -0.39 is 30.3 Å². The van der Waals surface area contributed by atoms with Crippen molar-refractivity contribution < 1.29 is 40.6 Å². The van der Waals surface area contributed by atoms with E-state index in [9.17, 15) is 31.1 Å². The van der Waals surface area contributed by atoms with Crippen molar-refractivity contribution in [2.45, 2.75) is 39.9 Å². The number of halogens is 6. The number of guanidine groups is 1. The van der Waals surface area contributed by atoms with Crippen molar-refractivity contribution in [1.82, 2.24) is 5.32 Å². The van der Waals surface area contributed by atoms with Crippen LogP contribution in [0.2, 0.25) is 0 Å². The van der Waals surface area contributed by atoms with Crippen LogP contribution in [0, 0.1) is 13.8 Å². The summed E-state index contributed by atoms with van der Waals surface area (Å²) in [7, 11) is 0. The lowest BCUT2D eigenvalue weighted by atomic mass is 10.1. The minimum atomic E-state index is -5.17. The topological polar surface area (TPSA) is 98.0 Å². The van der Waals surface area contributed by atoms with Crippen molar-refractivity contribution in [3.05, 3.63) is 17.2 Å². The fourth-order valence-corrected chi connectivity index (χ4v) is 2.04. The van der Waals surface area contributed by atoms with Crippen LogP contribution in [0.5, 0.6) is 11.5 Å². The highest BCUT2D eigenvalue weighted by atomic mass is 19.4. The van der Waals surface area contributed by atoms with E-state index in [0.29, 0.717) is 19.0 Å². The molecular weight excluding hydrogens is 398 g/mol. The van der Waals surface area contributed by atoms with Gasteiger partial charge in [0.1, 0.15) is 11.5 Å². The molecule has 4 N–H and O–H groups in total. The summed E-state index contributed by atoms with van der Waals surface area (Å²) in [5, 5.41) is 4.24. The zero-order valence-electron chi connectivity index (χ0n) is 15.0. The number of nitrogens with zero attached hydrogens (tertiary/aromatic N) is 1. The van der Waals surface area contributed by atoms with Crippen LogP contribution in [-0.4, -0.2) is 31.3 Å². The first-order chi connectivity index (χ1) is 12.7. The third-order valence-electron chi connectivity index (χ3n) is 3.19. The van der Waals surface area contributed by atoms with Crippen molar-refractivity contribution in [2.24, 2.45) is 10.7 Å². The number of alkyl halides is 6. The number of anilines is 1. The molecule has 0 fully saturated rings. The molecule has 1 aromatic rings. The third kappa shape index (κ3) is 7.40. The molecule has 13 heteroatoms. The number of nitrogens with one attached hydrogen (secondary N) is 2. The smallest absolute Gasteiger partial charge is 0.405 e. The molecule has 0 spiro atoms. The highest BCUT2D eigenvalue weighted by molar-refractivity contribution is 6.02. The molecule has 0 bridgehead atoms. The van der Waals surface area contributed by atoms with Crippen LogP contribution in [0.1, 0.15) is 24.5 Å². The molecule has 0 atom stereocenters. The third-order valence-corrected chi connectivity index (χ3v) is 3.19. The molecular formula is C15H18F6N4O3. The first kappa shape index (κ1) is 23.2. The Labute approximate surface area is 155 Å². The van der Waals surface area contributed by atoms with Gasteiger partial charge in [-0.15, -0.1) is 26.3 Å². The van der Waals surface area contributed by atoms with Crippen LogP contribution in [0.25, 0.3) is 0 Å². The van der Waals surface area contributed by atoms with Gasteiger partial charge in [-0.1, -0.05) is 6.92 Å². The number of benzene rings is 1. The van der Waals surface area contributed by atoms with Crippen molar-refractivity contribution >= 4 is 17.7 Å². The van der Waals surface area contributed by atoms with Crippen molar-refractivity contribution in [1.29, 1.82) is 0 Å². The molecule has 0 aliphatic heterocycles. The Kier molecular flexibility index (Phi) is 7.36. The Morgan fingerprint density at radius 2 is 1.54 bits per heavy atom. The molecule has 158 valence electrons. The fourth-order valence-electron chi connectivity index (χ4n) is 2.04. The predicted octanol–water partition coefficient (Wildman–Crippen LogP) is 3.95. The second-order valence-corrected chi connectivity index (χ2v) is 5.44. The quantitative estimate of drug-likeness (QED) is 0.385. The summed E-state index contributed by atoms with van der Waals surface area (Å²) < 4.78 is 82.8. The van der Waals surface area contributed by atoms with Gasteiger partial charge in [0.15, 0.2) is 5.96 Å². The first-order valence-corrected chi connectivity index (χ1v) is 7.77. The Morgan fingerprint density at radius 1 is 1.07 bits per heavy atom. The molecule has 1 aromatic carbocycles. The molecule has 0 aromatic heterocycles. The number of hydrogen-bond acceptors (Lipinski definition) is 4. The lowest BCUT2D eigenvalue weighted by Crippen LogP contribution is -2.40. The standard InChI is InChI=1S/C15H18F6N4O3/c1-4-5-23-12(22)25-13(26)24-11-7(2)9(27-14(16,17)18)6-10(8(11)3)28-15(19,20)21/h6H,4-5H2,1-3H3,(H4,22,23,24,25,26). The number of carbonyl (C=O) groups excluding carboxylic acids is 1. The van der Waals surface area contributed by atoms with Gasteiger partial charge in [-0.05, 0) is 20.3 Å². The summed E-state index contributed by atoms with van der Waals surface area (Å²) >= 11 is 0. The monoisotopic (exact) mass is 416 g/mol. The van der Waals surface area contributed by atoms with Crippen LogP contribution in [0.4, 0.5) is 36.8 Å². The summed E-state index contributed by atoms with van der Waals surface area (Å²) in [4.78, 5) is 15.8. The van der Waals surface area contributed by atoms with Gasteiger partial charge in [0.05, 0.1) is 5.69 Å². The molecule has 7 nitrogen and oxygen atoms in total. The van der Waals surface area contributed by atoms with Gasteiger partial charge in [0, 0.05) is 23.7 Å². The number of ether oxygens (including phenoxy) is 2. The number of rotatable bonds is 5. The summed E-state index contributed by atoms with van der Waals surface area (Å²) in [5.74, 6) is -2.22. The zero-order valence-corrected chi connectivity index (χ0v) is 15.0. The molecule has 0 radical (unpaired) electrons. The molecule has 2 amide bonds. The van der Waals surface area contributed by atoms with Gasteiger partial charge < -0.3 is 20.5 Å². The van der Waals surface area contributed by atoms with E-state index in [1.165, 1.54) is 0 Å². The summed E-state index contributed by atoms with van der Waals surface area (Å²) in [6.07, 6.45) is -9.71. The number of carbonyl (C=O) groups is 1. The Bertz CT molecular complexity index is 707. The van der Waals surface area contributed by atoms with E-state index in [1.807, 2.05) is 0 Å². The van der Waals surface area contributed by atoms with Crippen LogP contribution in [0.15, 0.2) is 11.1 Å². The first-order valence-electron chi connectivity index (χ1n) is 7.77. The highest BCUT2D eigenvalue weighted by Gasteiger charge is 2.36. The maximum absolute atomic E-state index is 12.6. The van der Waals surface area contributed by atoms with E-state index >= 15 is 0 Å². The average molecular weight is 416 g/mol. The number of hydrogen-bond donors (Lipinski definition) is 3. The minimum absolute atomic E-state index is 0.274. The van der Waals surface area contributed by atoms with Gasteiger partial charge in [0.2, 0.25) is 0 Å². The van der Waals surface area contributed by atoms with Crippen molar-refractivity contribution in [3.8, 4) is 11.5 Å². The molecule has 1 rings (SSSR count). The Balaban J connectivity index is 3.29. The minimum Gasteiger partial charge on any atom is -0.405 e. The number of urea groups is 1. The van der Waals surface area contributed by atoms with Crippen molar-refractivity contribution in [2.75, 3.05) is 11.9 Å². The maximum atomic E-state index is 12.6. The van der Waals surface area contributed by atoms with Gasteiger partial charge in [-0.2, -0.15) is 0 Å². The predicted molar refractivity (Wildman–Crippen MR) is 88.2 cm³/mol. The number of aliphatic imine (C=N–C) groups is 1. The molecule has 0 saturated heterocycles. The van der Waals surface area contributed by atoms with Crippen LogP contribution >= 0.6 is 0 Å². The number of nitrogens with two attached hydrogens (primary N) is 1. The van der Waals surface area contributed by atoms with E-state index in [2.05, 4.69) is 25.1 Å². The van der Waals surface area contributed by atoms with Crippen molar-refractivity contribution in [3.63, 3.8) is 0 Å². The molecule has 0 aliphatic rings. The molecule has 0 aliphatic carbocycles. The van der Waals surface area contributed by atoms with Gasteiger partial charge in [-0.25, -0.2) is 4.79 Å². The molecule has 0 unspecified atom stereocenters. The van der Waals surface area contributed by atoms with Crippen LogP contribution < -0.4 is 25.8 Å². The maximum Gasteiger partial charge on any atom is 0.573 e. The normalized spacial score (nSPS) is 12.5. The summed E-state index contributed by atoms with van der Waals surface area (Å²) in [5.41, 5.74) is 4.53. The number of amides is 2. The highest BCUT2D eigenvalue weighted by Crippen LogP contribution is 2.40. The second kappa shape index (κ2) is 8.89. The summed E-state index contributed by atoms with van der Waals surface area (Å²) in [6.45, 7) is 4.35. The Hall–Kier alpha value is -2.86. The largest absolute Gasteiger partial charge is 0.573 e. The van der Waals surface area contributed by atoms with Gasteiger partial charge in [-0.3, -0.25) is 10.3 Å². The fraction of sp³-hybridized carbons (Fsp3) is 0.467. The van der Waals surface area contributed by atoms with Crippen LogP contribution in [0.3, 0.4) is 0 Å². The van der Waals surface area contributed by atoms with Gasteiger partial charge in [0.25, 0.3) is 0 Å². The Morgan fingerprint density at radius 3 is 1.93 bits per heavy atom. The van der Waals surface area contributed by atoms with E-state index in [0.717, 1.165) is 13.8 Å². The SMILES string of the molecule is CCCN=C(N)NC(=O)Nc1c(C)c(OC(F)(F)F)cc(OC(F)(F)F)c1C. The van der Waals surface area contributed by atoms with E-state index in [-0.39, 0.29) is 22.8 Å². The summed E-state index contributed by atoms with van der Waals surface area (Å²) in [6, 6.07) is -0.586. The zero-order chi connectivity index (χ0) is 21.7. The average Bonchev–Trinajstić information content (AvgIpc) is 2.51. The second-order valence-electron chi connectivity index (χ2n) is 5.44. The van der Waals surface area contributed by atoms with E-state index in [4.69, 9.17) is 5.73 Å². The molecule has 28 heavy (non-hydrogen) atoms. The molecule has 0 saturated carbocycles. The van der Waals surface area contributed by atoms with Crippen LogP contribution in [-0.2, 0) is 0 Å². The lowest BCUT2D eigenvalue weighted by molar-refractivity contribution is -0.276. The van der Waals surface area contributed by atoms with Gasteiger partial charge >= 0.3 is 18.8 Å². The van der Waals surface area contributed by atoms with E-state index in [1.54, 1.807) is 6.92 Å². The molecule has 0 heterocycles. The lowest BCUT2D eigenvalue weighted by Gasteiger charge is -2.20.